The van der Waals surface area contributed by atoms with Gasteiger partial charge in [-0.05, 0) is 12.1 Å². The molecule has 134 valence electrons. The van der Waals surface area contributed by atoms with E-state index in [1.807, 2.05) is 4.90 Å². The number of ether oxygens (including phenoxy) is 1. The number of nitrogens with one attached hydrogen (secondary N) is 1. The predicted molar refractivity (Wildman–Crippen MR) is 89.6 cm³/mol. The summed E-state index contributed by atoms with van der Waals surface area (Å²) in [5.41, 5.74) is 0.428. The molecule has 1 amide bonds. The quantitative estimate of drug-likeness (QED) is 0.741. The Labute approximate surface area is 142 Å². The molecular formula is C15H23N3O5S. The lowest BCUT2D eigenvalue weighted by atomic mass is 10.3. The van der Waals surface area contributed by atoms with Crippen LogP contribution in [0, 0.1) is 0 Å². The van der Waals surface area contributed by atoms with Crippen molar-refractivity contribution in [2.45, 2.75) is 11.8 Å². The van der Waals surface area contributed by atoms with Crippen LogP contribution in [-0.4, -0.2) is 75.1 Å². The van der Waals surface area contributed by atoms with Gasteiger partial charge in [-0.15, -0.1) is 0 Å². The number of amides is 1. The topological polar surface area (TPSA) is 99.2 Å². The minimum atomic E-state index is -3.63. The zero-order valence-corrected chi connectivity index (χ0v) is 14.7. The van der Waals surface area contributed by atoms with Gasteiger partial charge in [0.05, 0.1) is 24.3 Å². The molecule has 1 aliphatic rings. The third-order valence-electron chi connectivity index (χ3n) is 3.87. The van der Waals surface area contributed by atoms with E-state index in [2.05, 4.69) is 5.32 Å². The van der Waals surface area contributed by atoms with E-state index in [0.29, 0.717) is 44.2 Å². The molecule has 1 aromatic rings. The molecule has 8 nitrogen and oxygen atoms in total. The molecule has 0 aromatic heterocycles. The van der Waals surface area contributed by atoms with Crippen molar-refractivity contribution < 1.29 is 23.1 Å². The number of carbonyl (C=O) groups is 1. The van der Waals surface area contributed by atoms with E-state index >= 15 is 0 Å². The largest absolute Gasteiger partial charge is 0.495 e. The maximum Gasteiger partial charge on any atom is 0.243 e. The van der Waals surface area contributed by atoms with E-state index in [0.717, 1.165) is 0 Å². The van der Waals surface area contributed by atoms with Crippen molar-refractivity contribution in [3.63, 3.8) is 0 Å². The number of hydrogen-bond acceptors (Lipinski definition) is 6. The number of rotatable bonds is 6. The minimum absolute atomic E-state index is 0.0640. The van der Waals surface area contributed by atoms with Crippen molar-refractivity contribution in [1.29, 1.82) is 0 Å². The van der Waals surface area contributed by atoms with Crippen LogP contribution in [0.25, 0.3) is 0 Å². The molecule has 0 saturated carbocycles. The predicted octanol–water partition coefficient (Wildman–Crippen LogP) is -0.0478. The molecule has 1 heterocycles. The van der Waals surface area contributed by atoms with Crippen molar-refractivity contribution in [3.8, 4) is 5.75 Å². The summed E-state index contributed by atoms with van der Waals surface area (Å²) in [6.07, 6.45) is 0. The summed E-state index contributed by atoms with van der Waals surface area (Å²) >= 11 is 0. The Morgan fingerprint density at radius 3 is 2.50 bits per heavy atom. The Kier molecular flexibility index (Phi) is 6.16. The fourth-order valence-corrected chi connectivity index (χ4v) is 4.05. The van der Waals surface area contributed by atoms with E-state index in [9.17, 15) is 13.2 Å². The molecule has 24 heavy (non-hydrogen) atoms. The normalized spacial score (nSPS) is 16.8. The first kappa shape index (κ1) is 18.7. The Bertz CT molecular complexity index is 684. The van der Waals surface area contributed by atoms with Crippen molar-refractivity contribution in [2.24, 2.45) is 0 Å². The van der Waals surface area contributed by atoms with Crippen molar-refractivity contribution in [3.05, 3.63) is 18.2 Å². The lowest BCUT2D eigenvalue weighted by Crippen LogP contribution is -2.49. The average molecular weight is 357 g/mol. The fraction of sp³-hybridized carbons (Fsp3) is 0.533. The van der Waals surface area contributed by atoms with Crippen LogP contribution in [-0.2, 0) is 14.8 Å². The summed E-state index contributed by atoms with van der Waals surface area (Å²) < 4.78 is 32.1. The average Bonchev–Trinajstić information content (AvgIpc) is 2.55. The number of aliphatic hydroxyl groups excluding tert-OH is 1. The van der Waals surface area contributed by atoms with E-state index in [1.54, 1.807) is 0 Å². The van der Waals surface area contributed by atoms with Gasteiger partial charge in [0.25, 0.3) is 0 Å². The van der Waals surface area contributed by atoms with Gasteiger partial charge in [-0.2, -0.15) is 4.31 Å². The summed E-state index contributed by atoms with van der Waals surface area (Å²) in [6, 6.07) is 4.40. The summed E-state index contributed by atoms with van der Waals surface area (Å²) in [7, 11) is -2.21. The number of nitrogens with zero attached hydrogens (tertiary/aromatic N) is 2. The first-order valence-electron chi connectivity index (χ1n) is 7.67. The van der Waals surface area contributed by atoms with E-state index in [1.165, 1.54) is 36.5 Å². The molecule has 1 saturated heterocycles. The summed E-state index contributed by atoms with van der Waals surface area (Å²) in [4.78, 5) is 13.3. The van der Waals surface area contributed by atoms with Crippen LogP contribution >= 0.6 is 0 Å². The fourth-order valence-electron chi connectivity index (χ4n) is 2.61. The monoisotopic (exact) mass is 357 g/mol. The highest BCUT2D eigenvalue weighted by Gasteiger charge is 2.29. The smallest absolute Gasteiger partial charge is 0.243 e. The Morgan fingerprint density at radius 1 is 1.29 bits per heavy atom. The number of aliphatic hydroxyl groups is 1. The second kappa shape index (κ2) is 7.93. The molecule has 1 aromatic carbocycles. The highest BCUT2D eigenvalue weighted by atomic mass is 32.2. The van der Waals surface area contributed by atoms with Gasteiger partial charge in [-0.25, -0.2) is 8.42 Å². The molecule has 0 aliphatic carbocycles. The zero-order valence-electron chi connectivity index (χ0n) is 13.9. The van der Waals surface area contributed by atoms with Crippen LogP contribution in [0.5, 0.6) is 5.75 Å². The highest BCUT2D eigenvalue weighted by molar-refractivity contribution is 7.89. The molecule has 0 spiro atoms. The van der Waals surface area contributed by atoms with Gasteiger partial charge in [0.2, 0.25) is 15.9 Å². The van der Waals surface area contributed by atoms with E-state index in [-0.39, 0.29) is 17.4 Å². The molecule has 1 aliphatic heterocycles. The van der Waals surface area contributed by atoms with Gasteiger partial charge < -0.3 is 15.2 Å². The van der Waals surface area contributed by atoms with E-state index in [4.69, 9.17) is 9.84 Å². The first-order chi connectivity index (χ1) is 11.4. The molecule has 0 bridgehead atoms. The van der Waals surface area contributed by atoms with Gasteiger partial charge in [-0.3, -0.25) is 9.69 Å². The van der Waals surface area contributed by atoms with Gasteiger partial charge >= 0.3 is 0 Å². The number of β-amino-alcohol motifs (C(OH)–C–C–N with tert-alkyl or cyclic N) is 1. The molecule has 9 heteroatoms. The maximum absolute atomic E-state index is 12.8. The SMILES string of the molecule is COc1cc(S(=O)(=O)N2CCN(CCO)CC2)ccc1NC(C)=O. The number of anilines is 1. The molecule has 0 atom stereocenters. The van der Waals surface area contributed by atoms with Gasteiger partial charge in [0, 0.05) is 45.7 Å². The van der Waals surface area contributed by atoms with Crippen molar-refractivity contribution >= 4 is 21.6 Å². The zero-order chi connectivity index (χ0) is 17.7. The first-order valence-corrected chi connectivity index (χ1v) is 9.11. The lowest BCUT2D eigenvalue weighted by Gasteiger charge is -2.33. The van der Waals surface area contributed by atoms with Crippen LogP contribution in [0.1, 0.15) is 6.92 Å². The molecule has 2 N–H and O–H groups in total. The van der Waals surface area contributed by atoms with Gasteiger partial charge in [0.1, 0.15) is 5.75 Å². The standard InChI is InChI=1S/C15H23N3O5S/c1-12(20)16-14-4-3-13(11-15(14)23-2)24(21,22)18-7-5-17(6-8-18)9-10-19/h3-4,11,19H,5-10H2,1-2H3,(H,16,20). The summed E-state index contributed by atoms with van der Waals surface area (Å²) in [5.74, 6) is 0.0362. The maximum atomic E-state index is 12.8. The number of piperazine rings is 1. The Hall–Kier alpha value is -1.68. The third kappa shape index (κ3) is 4.23. The number of carbonyl (C=O) groups excluding carboxylic acids is 1. The Balaban J connectivity index is 2.19. The van der Waals surface area contributed by atoms with Crippen LogP contribution in [0.2, 0.25) is 0 Å². The third-order valence-corrected chi connectivity index (χ3v) is 5.76. The van der Waals surface area contributed by atoms with Gasteiger partial charge in [0.15, 0.2) is 0 Å². The van der Waals surface area contributed by atoms with Crippen molar-refractivity contribution in [2.75, 3.05) is 51.8 Å². The molecule has 0 radical (unpaired) electrons. The minimum Gasteiger partial charge on any atom is -0.495 e. The van der Waals surface area contributed by atoms with Crippen LogP contribution in [0.3, 0.4) is 0 Å². The lowest BCUT2D eigenvalue weighted by molar-refractivity contribution is -0.114. The number of benzene rings is 1. The molecule has 0 unspecified atom stereocenters. The van der Waals surface area contributed by atoms with Crippen LogP contribution in [0.15, 0.2) is 23.1 Å². The number of hydrogen-bond donors (Lipinski definition) is 2. The van der Waals surface area contributed by atoms with Crippen molar-refractivity contribution in [1.82, 2.24) is 9.21 Å². The molecule has 2 rings (SSSR count). The molecular weight excluding hydrogens is 334 g/mol. The summed E-state index contributed by atoms with van der Waals surface area (Å²) in [5, 5.41) is 11.6. The second-order valence-electron chi connectivity index (χ2n) is 5.51. The summed E-state index contributed by atoms with van der Waals surface area (Å²) in [6.45, 7) is 3.90. The van der Waals surface area contributed by atoms with E-state index < -0.39 is 10.0 Å². The van der Waals surface area contributed by atoms with Gasteiger partial charge in [-0.1, -0.05) is 0 Å². The van der Waals surface area contributed by atoms with Crippen LogP contribution < -0.4 is 10.1 Å². The highest BCUT2D eigenvalue weighted by Crippen LogP contribution is 2.29. The Morgan fingerprint density at radius 2 is 1.96 bits per heavy atom. The number of methoxy groups -OCH3 is 1. The van der Waals surface area contributed by atoms with Crippen LogP contribution in [0.4, 0.5) is 5.69 Å². The second-order valence-corrected chi connectivity index (χ2v) is 7.45. The molecule has 1 fully saturated rings. The number of sulfonamides is 1.